The van der Waals surface area contributed by atoms with Gasteiger partial charge in [-0.2, -0.15) is 0 Å². The van der Waals surface area contributed by atoms with E-state index in [0.717, 1.165) is 17.1 Å². The molecule has 0 unspecified atom stereocenters. The average Bonchev–Trinajstić information content (AvgIpc) is 3.15. The number of methoxy groups -OCH3 is 1. The summed E-state index contributed by atoms with van der Waals surface area (Å²) < 4.78 is 7.15. The number of anilines is 1. The molecular formula is C21H23N5O4S. The molecule has 0 aliphatic heterocycles. The summed E-state index contributed by atoms with van der Waals surface area (Å²) in [5.41, 5.74) is 1.98. The molecule has 2 aromatic carbocycles. The Balaban J connectivity index is 1.63. The Bertz CT molecular complexity index is 1080. The number of ether oxygens (including phenoxy) is 1. The molecule has 1 heterocycles. The molecule has 31 heavy (non-hydrogen) atoms. The average molecular weight is 442 g/mol. The fourth-order valence-corrected chi connectivity index (χ4v) is 3.83. The number of nitro groups is 1. The fourth-order valence-electron chi connectivity index (χ4n) is 3.01. The van der Waals surface area contributed by atoms with Crippen molar-refractivity contribution in [3.8, 4) is 5.75 Å². The first kappa shape index (κ1) is 22.3. The summed E-state index contributed by atoms with van der Waals surface area (Å²) in [4.78, 5) is 22.9. The molecule has 0 bridgehead atoms. The molecule has 0 radical (unpaired) electrons. The summed E-state index contributed by atoms with van der Waals surface area (Å²) in [5, 5.41) is 22.9. The number of thioether (sulfide) groups is 1. The van der Waals surface area contributed by atoms with Gasteiger partial charge in [0.05, 0.1) is 17.8 Å². The van der Waals surface area contributed by atoms with Crippen molar-refractivity contribution in [2.24, 2.45) is 0 Å². The van der Waals surface area contributed by atoms with Gasteiger partial charge in [-0.25, -0.2) is 0 Å². The highest BCUT2D eigenvalue weighted by molar-refractivity contribution is 7.99. The van der Waals surface area contributed by atoms with E-state index in [2.05, 4.69) is 15.5 Å². The largest absolute Gasteiger partial charge is 0.497 e. The smallest absolute Gasteiger partial charge is 0.274 e. The molecule has 1 amide bonds. The van der Waals surface area contributed by atoms with E-state index in [0.29, 0.717) is 29.4 Å². The van der Waals surface area contributed by atoms with Crippen LogP contribution in [0.4, 0.5) is 11.4 Å². The SMILES string of the molecule is CCn1c(Cc2ccc(OC)cc2)nnc1SCC(=O)Nc1ccc(C)c([N+](=O)[O-])c1. The van der Waals surface area contributed by atoms with Crippen molar-refractivity contribution >= 4 is 29.0 Å². The Kier molecular flexibility index (Phi) is 7.24. The molecule has 1 aromatic heterocycles. The number of nitrogens with one attached hydrogen (secondary N) is 1. The number of carbonyl (C=O) groups excluding carboxylic acids is 1. The number of benzene rings is 2. The van der Waals surface area contributed by atoms with Gasteiger partial charge in [-0.3, -0.25) is 14.9 Å². The first-order valence-electron chi connectivity index (χ1n) is 9.64. The van der Waals surface area contributed by atoms with E-state index >= 15 is 0 Å². The van der Waals surface area contributed by atoms with Gasteiger partial charge in [-0.1, -0.05) is 30.0 Å². The van der Waals surface area contributed by atoms with Crippen molar-refractivity contribution in [2.75, 3.05) is 18.2 Å². The van der Waals surface area contributed by atoms with Crippen molar-refractivity contribution < 1.29 is 14.5 Å². The van der Waals surface area contributed by atoms with E-state index in [1.807, 2.05) is 35.8 Å². The minimum absolute atomic E-state index is 0.0284. The lowest BCUT2D eigenvalue weighted by atomic mass is 10.1. The van der Waals surface area contributed by atoms with E-state index in [4.69, 9.17) is 4.74 Å². The van der Waals surface area contributed by atoms with E-state index in [9.17, 15) is 14.9 Å². The first-order valence-corrected chi connectivity index (χ1v) is 10.6. The summed E-state index contributed by atoms with van der Waals surface area (Å²) in [7, 11) is 1.63. The van der Waals surface area contributed by atoms with Crippen LogP contribution in [0.2, 0.25) is 0 Å². The van der Waals surface area contributed by atoms with Gasteiger partial charge < -0.3 is 14.6 Å². The molecule has 0 saturated carbocycles. The van der Waals surface area contributed by atoms with E-state index in [-0.39, 0.29) is 17.3 Å². The molecule has 0 spiro atoms. The maximum atomic E-state index is 12.3. The van der Waals surface area contributed by atoms with Crippen LogP contribution in [0.15, 0.2) is 47.6 Å². The van der Waals surface area contributed by atoms with Gasteiger partial charge in [0.15, 0.2) is 5.16 Å². The Morgan fingerprint density at radius 3 is 2.61 bits per heavy atom. The standard InChI is InChI=1S/C21H23N5O4S/c1-4-25-19(11-15-6-9-17(30-3)10-7-15)23-24-21(25)31-13-20(27)22-16-8-5-14(2)18(12-16)26(28)29/h5-10,12H,4,11,13H2,1-3H3,(H,22,27). The summed E-state index contributed by atoms with van der Waals surface area (Å²) in [6.45, 7) is 4.32. The second-order valence-electron chi connectivity index (χ2n) is 6.76. The summed E-state index contributed by atoms with van der Waals surface area (Å²) >= 11 is 1.27. The van der Waals surface area contributed by atoms with Crippen LogP contribution in [0, 0.1) is 17.0 Å². The highest BCUT2D eigenvalue weighted by atomic mass is 32.2. The van der Waals surface area contributed by atoms with Crippen molar-refractivity contribution in [2.45, 2.75) is 32.0 Å². The number of rotatable bonds is 9. The first-order chi connectivity index (χ1) is 14.9. The predicted octanol–water partition coefficient (Wildman–Crippen LogP) is 3.84. The third kappa shape index (κ3) is 5.60. The van der Waals surface area contributed by atoms with Crippen molar-refractivity contribution in [3.05, 3.63) is 69.5 Å². The monoisotopic (exact) mass is 441 g/mol. The van der Waals surface area contributed by atoms with Crippen LogP contribution < -0.4 is 10.1 Å². The molecule has 3 rings (SSSR count). The van der Waals surface area contributed by atoms with E-state index < -0.39 is 4.92 Å². The zero-order valence-corrected chi connectivity index (χ0v) is 18.3. The topological polar surface area (TPSA) is 112 Å². The van der Waals surface area contributed by atoms with Crippen molar-refractivity contribution in [1.29, 1.82) is 0 Å². The summed E-state index contributed by atoms with van der Waals surface area (Å²) in [6.07, 6.45) is 0.616. The van der Waals surface area contributed by atoms with Gasteiger partial charge in [-0.05, 0) is 37.6 Å². The van der Waals surface area contributed by atoms with Gasteiger partial charge in [0.2, 0.25) is 5.91 Å². The Labute approximate surface area is 184 Å². The van der Waals surface area contributed by atoms with E-state index in [1.165, 1.54) is 17.8 Å². The molecule has 0 fully saturated rings. The highest BCUT2D eigenvalue weighted by Gasteiger charge is 2.15. The molecule has 1 N–H and O–H groups in total. The van der Waals surface area contributed by atoms with Crippen LogP contribution in [-0.2, 0) is 17.8 Å². The molecule has 0 saturated heterocycles. The number of aromatic nitrogens is 3. The molecular weight excluding hydrogens is 418 g/mol. The Morgan fingerprint density at radius 1 is 1.23 bits per heavy atom. The number of hydrogen-bond donors (Lipinski definition) is 1. The molecule has 3 aromatic rings. The lowest BCUT2D eigenvalue weighted by Gasteiger charge is -2.08. The normalized spacial score (nSPS) is 10.7. The van der Waals surface area contributed by atoms with Crippen LogP contribution in [0.1, 0.15) is 23.9 Å². The number of nitro benzene ring substituents is 1. The van der Waals surface area contributed by atoms with Crippen LogP contribution in [-0.4, -0.2) is 38.5 Å². The van der Waals surface area contributed by atoms with Gasteiger partial charge in [-0.15, -0.1) is 10.2 Å². The fraction of sp³-hybridized carbons (Fsp3) is 0.286. The lowest BCUT2D eigenvalue weighted by molar-refractivity contribution is -0.385. The molecule has 0 aliphatic carbocycles. The molecule has 162 valence electrons. The van der Waals surface area contributed by atoms with Crippen molar-refractivity contribution in [1.82, 2.24) is 14.8 Å². The quantitative estimate of drug-likeness (QED) is 0.305. The minimum atomic E-state index is -0.464. The number of nitrogens with zero attached hydrogens (tertiary/aromatic N) is 4. The highest BCUT2D eigenvalue weighted by Crippen LogP contribution is 2.23. The molecule has 0 aliphatic rings. The number of carbonyl (C=O) groups is 1. The Hall–Kier alpha value is -3.40. The maximum Gasteiger partial charge on any atom is 0.274 e. The second-order valence-corrected chi connectivity index (χ2v) is 7.71. The number of hydrogen-bond acceptors (Lipinski definition) is 7. The summed E-state index contributed by atoms with van der Waals surface area (Å²) in [5.74, 6) is 1.44. The third-order valence-electron chi connectivity index (χ3n) is 4.65. The van der Waals surface area contributed by atoms with Crippen LogP contribution in [0.3, 0.4) is 0 Å². The maximum absolute atomic E-state index is 12.3. The molecule has 0 atom stereocenters. The molecule has 10 heteroatoms. The summed E-state index contributed by atoms with van der Waals surface area (Å²) in [6, 6.07) is 12.4. The zero-order chi connectivity index (χ0) is 22.4. The minimum Gasteiger partial charge on any atom is -0.497 e. The Morgan fingerprint density at radius 2 is 1.97 bits per heavy atom. The number of aryl methyl sites for hydroxylation is 1. The number of amides is 1. The van der Waals surface area contributed by atoms with Gasteiger partial charge in [0, 0.05) is 30.3 Å². The van der Waals surface area contributed by atoms with Crippen molar-refractivity contribution in [3.63, 3.8) is 0 Å². The van der Waals surface area contributed by atoms with E-state index in [1.54, 1.807) is 26.2 Å². The second kappa shape index (κ2) is 10.1. The van der Waals surface area contributed by atoms with Crippen LogP contribution >= 0.6 is 11.8 Å². The van der Waals surface area contributed by atoms with Crippen LogP contribution in [0.25, 0.3) is 0 Å². The van der Waals surface area contributed by atoms with Gasteiger partial charge in [0.1, 0.15) is 11.6 Å². The molecule has 9 nitrogen and oxygen atoms in total. The zero-order valence-electron chi connectivity index (χ0n) is 17.5. The van der Waals surface area contributed by atoms with Gasteiger partial charge in [0.25, 0.3) is 5.69 Å². The van der Waals surface area contributed by atoms with Gasteiger partial charge >= 0.3 is 0 Å². The lowest BCUT2D eigenvalue weighted by Crippen LogP contribution is -2.15. The predicted molar refractivity (Wildman–Crippen MR) is 119 cm³/mol. The van der Waals surface area contributed by atoms with Crippen LogP contribution in [0.5, 0.6) is 5.75 Å². The third-order valence-corrected chi connectivity index (χ3v) is 5.62.